The monoisotopic (exact) mass is 418 g/mol. The molecule has 1 aromatic heterocycles. The average molecular weight is 419 g/mol. The zero-order valence-electron chi connectivity index (χ0n) is 19.8. The second-order valence-corrected chi connectivity index (χ2v) is 9.40. The lowest BCUT2D eigenvalue weighted by molar-refractivity contribution is 0.719. The van der Waals surface area contributed by atoms with Crippen LogP contribution in [0.1, 0.15) is 61.5 Å². The summed E-state index contributed by atoms with van der Waals surface area (Å²) < 4.78 is 0. The predicted molar refractivity (Wildman–Crippen MR) is 133 cm³/mol. The van der Waals surface area contributed by atoms with Crippen molar-refractivity contribution in [3.05, 3.63) is 128 Å². The third-order valence-corrected chi connectivity index (χ3v) is 6.89. The van der Waals surface area contributed by atoms with Gasteiger partial charge in [-0.15, -0.1) is 0 Å². The van der Waals surface area contributed by atoms with Crippen molar-refractivity contribution >= 4 is 5.57 Å². The molecule has 2 nitrogen and oxygen atoms in total. The number of fused-ring (bicyclic) bond motifs is 1. The number of rotatable bonds is 3. The largest absolute Gasteiger partial charge is 0.347 e. The summed E-state index contributed by atoms with van der Waals surface area (Å²) in [6, 6.07) is 18.0. The molecule has 0 radical (unpaired) electrons. The van der Waals surface area contributed by atoms with Crippen LogP contribution in [0.25, 0.3) is 5.57 Å². The molecule has 1 atom stereocenters. The van der Waals surface area contributed by atoms with Crippen LogP contribution in [0, 0.1) is 41.5 Å². The third kappa shape index (κ3) is 2.90. The smallest absolute Gasteiger partial charge is 0.125 e. The summed E-state index contributed by atoms with van der Waals surface area (Å²) in [4.78, 5) is 8.32. The summed E-state index contributed by atoms with van der Waals surface area (Å²) in [5.74, 6) is 0.970. The number of aromatic nitrogens is 2. The van der Waals surface area contributed by atoms with Gasteiger partial charge in [-0.3, -0.25) is 0 Å². The Morgan fingerprint density at radius 2 is 1.34 bits per heavy atom. The maximum absolute atomic E-state index is 4.84. The van der Waals surface area contributed by atoms with Crippen LogP contribution < -0.4 is 0 Å². The molecule has 2 heteroatoms. The second kappa shape index (κ2) is 7.34. The molecule has 0 bridgehead atoms. The van der Waals surface area contributed by atoms with Gasteiger partial charge in [0, 0.05) is 12.4 Å². The molecule has 1 aliphatic rings. The van der Waals surface area contributed by atoms with Crippen molar-refractivity contribution in [1.29, 1.82) is 0 Å². The van der Waals surface area contributed by atoms with E-state index in [0.717, 1.165) is 5.82 Å². The first kappa shape index (κ1) is 20.5. The number of H-pyrrole nitrogens is 1. The first-order chi connectivity index (χ1) is 15.3. The molecule has 1 heterocycles. The van der Waals surface area contributed by atoms with Gasteiger partial charge in [-0.2, -0.15) is 0 Å². The lowest BCUT2D eigenvalue weighted by Gasteiger charge is -2.31. The van der Waals surface area contributed by atoms with Gasteiger partial charge < -0.3 is 4.98 Å². The molecular formula is C30H30N2. The van der Waals surface area contributed by atoms with Crippen LogP contribution in [-0.4, -0.2) is 9.97 Å². The predicted octanol–water partition coefficient (Wildman–Crippen LogP) is 7.04. The molecule has 1 aliphatic carbocycles. The Labute approximate surface area is 191 Å². The van der Waals surface area contributed by atoms with Crippen LogP contribution >= 0.6 is 0 Å². The minimum Gasteiger partial charge on any atom is -0.347 e. The first-order valence-corrected chi connectivity index (χ1v) is 11.3. The number of imidazole rings is 1. The first-order valence-electron chi connectivity index (χ1n) is 11.3. The van der Waals surface area contributed by atoms with Gasteiger partial charge >= 0.3 is 0 Å². The van der Waals surface area contributed by atoms with Crippen LogP contribution in [0.3, 0.4) is 0 Å². The summed E-state index contributed by atoms with van der Waals surface area (Å²) in [5, 5.41) is 0. The van der Waals surface area contributed by atoms with Crippen LogP contribution in [-0.2, 0) is 5.41 Å². The Kier molecular flexibility index (Phi) is 4.70. The molecule has 0 saturated carbocycles. The number of nitrogens with one attached hydrogen (secondary N) is 1. The van der Waals surface area contributed by atoms with E-state index in [1.165, 1.54) is 61.2 Å². The van der Waals surface area contributed by atoms with Gasteiger partial charge in [-0.1, -0.05) is 65.7 Å². The molecule has 4 aromatic rings. The fourth-order valence-corrected chi connectivity index (χ4v) is 6.05. The van der Waals surface area contributed by atoms with E-state index in [1.54, 1.807) is 0 Å². The number of aromatic amines is 1. The molecule has 5 rings (SSSR count). The SMILES string of the molecule is Cc1cc(C)c(C2=CC(c3ncc[nH]3)(c3c(C)cc(C)cc3C)c3ccccc32)c(C)c1. The van der Waals surface area contributed by atoms with E-state index in [1.807, 2.05) is 12.4 Å². The molecule has 0 spiro atoms. The van der Waals surface area contributed by atoms with Gasteiger partial charge in [-0.05, 0) is 91.6 Å². The van der Waals surface area contributed by atoms with E-state index in [-0.39, 0.29) is 0 Å². The molecule has 160 valence electrons. The zero-order valence-corrected chi connectivity index (χ0v) is 19.8. The standard InChI is InChI=1S/C30H30N2/c1-18-13-20(3)27(21(4)14-18)25-17-30(29-31-11-12-32-29,26-10-8-7-9-24(25)26)28-22(5)15-19(2)16-23(28)6/h7-17H,1-6H3,(H,31,32). The van der Waals surface area contributed by atoms with Crippen molar-refractivity contribution in [2.24, 2.45) is 0 Å². The van der Waals surface area contributed by atoms with Crippen LogP contribution in [0.4, 0.5) is 0 Å². The normalized spacial score (nSPS) is 17.4. The minimum absolute atomic E-state index is 0.457. The van der Waals surface area contributed by atoms with E-state index in [9.17, 15) is 0 Å². The van der Waals surface area contributed by atoms with E-state index in [0.29, 0.717) is 0 Å². The highest BCUT2D eigenvalue weighted by Gasteiger charge is 2.45. The fraction of sp³-hybridized carbons (Fsp3) is 0.233. The summed E-state index contributed by atoms with van der Waals surface area (Å²) in [6.07, 6.45) is 6.27. The second-order valence-electron chi connectivity index (χ2n) is 9.40. The highest BCUT2D eigenvalue weighted by molar-refractivity contribution is 5.92. The van der Waals surface area contributed by atoms with Crippen molar-refractivity contribution in [3.8, 4) is 0 Å². The van der Waals surface area contributed by atoms with Crippen molar-refractivity contribution in [1.82, 2.24) is 9.97 Å². The van der Waals surface area contributed by atoms with E-state index in [4.69, 9.17) is 4.98 Å². The molecular weight excluding hydrogens is 388 g/mol. The van der Waals surface area contributed by atoms with E-state index < -0.39 is 5.41 Å². The van der Waals surface area contributed by atoms with E-state index >= 15 is 0 Å². The molecule has 0 fully saturated rings. The Bertz CT molecular complexity index is 1330. The van der Waals surface area contributed by atoms with Crippen LogP contribution in [0.2, 0.25) is 0 Å². The quantitative estimate of drug-likeness (QED) is 0.380. The van der Waals surface area contributed by atoms with Gasteiger partial charge in [0.1, 0.15) is 5.82 Å². The number of hydrogen-bond acceptors (Lipinski definition) is 1. The maximum Gasteiger partial charge on any atom is 0.125 e. The molecule has 0 amide bonds. The molecule has 0 aliphatic heterocycles. The molecule has 0 saturated heterocycles. The number of nitrogens with zero attached hydrogens (tertiary/aromatic N) is 1. The summed E-state index contributed by atoms with van der Waals surface area (Å²) in [6.45, 7) is 13.3. The van der Waals surface area contributed by atoms with Gasteiger partial charge in [0.25, 0.3) is 0 Å². The lowest BCUT2D eigenvalue weighted by Crippen LogP contribution is -2.29. The lowest BCUT2D eigenvalue weighted by atomic mass is 9.71. The summed E-state index contributed by atoms with van der Waals surface area (Å²) in [5.41, 5.74) is 13.9. The van der Waals surface area contributed by atoms with Gasteiger partial charge in [0.05, 0.1) is 5.41 Å². The van der Waals surface area contributed by atoms with Crippen LogP contribution in [0.15, 0.2) is 67.0 Å². The molecule has 3 aromatic carbocycles. The number of benzene rings is 3. The number of allylic oxidation sites excluding steroid dienone is 1. The Balaban J connectivity index is 1.93. The molecule has 1 N–H and O–H groups in total. The van der Waals surface area contributed by atoms with Gasteiger partial charge in [0.2, 0.25) is 0 Å². The van der Waals surface area contributed by atoms with Crippen molar-refractivity contribution in [2.75, 3.05) is 0 Å². The summed E-state index contributed by atoms with van der Waals surface area (Å²) >= 11 is 0. The van der Waals surface area contributed by atoms with Gasteiger partial charge in [0.15, 0.2) is 0 Å². The molecule has 32 heavy (non-hydrogen) atoms. The minimum atomic E-state index is -0.457. The van der Waals surface area contributed by atoms with Crippen molar-refractivity contribution in [3.63, 3.8) is 0 Å². The Morgan fingerprint density at radius 1 is 0.750 bits per heavy atom. The van der Waals surface area contributed by atoms with Crippen molar-refractivity contribution < 1.29 is 0 Å². The van der Waals surface area contributed by atoms with Crippen LogP contribution in [0.5, 0.6) is 0 Å². The zero-order chi connectivity index (χ0) is 22.6. The number of aryl methyl sites for hydroxylation is 6. The maximum atomic E-state index is 4.84. The highest BCUT2D eigenvalue weighted by Crippen LogP contribution is 2.52. The van der Waals surface area contributed by atoms with Crippen molar-refractivity contribution in [2.45, 2.75) is 47.0 Å². The van der Waals surface area contributed by atoms with E-state index in [2.05, 4.69) is 101 Å². The summed E-state index contributed by atoms with van der Waals surface area (Å²) in [7, 11) is 0. The number of hydrogen-bond donors (Lipinski definition) is 1. The van der Waals surface area contributed by atoms with Gasteiger partial charge in [-0.25, -0.2) is 4.98 Å². The molecule has 1 unspecified atom stereocenters. The Morgan fingerprint density at radius 3 is 1.94 bits per heavy atom. The average Bonchev–Trinajstić information content (AvgIpc) is 3.35. The fourth-order valence-electron chi connectivity index (χ4n) is 6.05. The highest BCUT2D eigenvalue weighted by atomic mass is 14.9. The Hall–Kier alpha value is -3.39. The topological polar surface area (TPSA) is 28.7 Å². The third-order valence-electron chi connectivity index (χ3n) is 6.89.